The number of alkyl halides is 3. The smallest absolute Gasteiger partial charge is 0.360 e. The van der Waals surface area contributed by atoms with Crippen molar-refractivity contribution in [3.63, 3.8) is 0 Å². The van der Waals surface area contributed by atoms with E-state index in [1.807, 2.05) is 0 Å². The summed E-state index contributed by atoms with van der Waals surface area (Å²) in [7, 11) is 0. The number of amides is 1. The number of hydrogen-bond acceptors (Lipinski definition) is 3. The summed E-state index contributed by atoms with van der Waals surface area (Å²) in [6.45, 7) is 1.10. The summed E-state index contributed by atoms with van der Waals surface area (Å²) in [4.78, 5) is 13.8. The van der Waals surface area contributed by atoms with Gasteiger partial charge in [0.2, 0.25) is 0 Å². The molecule has 1 aliphatic heterocycles. The standard InChI is InChI=1S/C16H15ClF3N3O/c17-12-4-5-14(13(8-12)16(18,19)20)22-10-11(9-21)15(24)23-6-2-1-3-7-23/h4-5,8,10,22H,1-3,6-7H2/b11-10-. The van der Waals surface area contributed by atoms with Crippen LogP contribution in [0.5, 0.6) is 0 Å². The number of nitriles is 1. The van der Waals surface area contributed by atoms with E-state index in [0.29, 0.717) is 13.1 Å². The van der Waals surface area contributed by atoms with Gasteiger partial charge >= 0.3 is 6.18 Å². The molecule has 1 aromatic rings. The van der Waals surface area contributed by atoms with Gasteiger partial charge in [-0.3, -0.25) is 4.79 Å². The molecule has 1 amide bonds. The Balaban J connectivity index is 2.22. The minimum absolute atomic E-state index is 0.0539. The van der Waals surface area contributed by atoms with Gasteiger partial charge in [0.15, 0.2) is 0 Å². The molecule has 0 unspecified atom stereocenters. The maximum Gasteiger partial charge on any atom is 0.418 e. The molecule has 24 heavy (non-hydrogen) atoms. The van der Waals surface area contributed by atoms with Gasteiger partial charge < -0.3 is 10.2 Å². The molecular weight excluding hydrogens is 343 g/mol. The fraction of sp³-hybridized carbons (Fsp3) is 0.375. The zero-order valence-corrected chi connectivity index (χ0v) is 13.4. The molecule has 0 saturated carbocycles. The topological polar surface area (TPSA) is 56.1 Å². The zero-order valence-electron chi connectivity index (χ0n) is 12.7. The van der Waals surface area contributed by atoms with E-state index in [2.05, 4.69) is 5.32 Å². The van der Waals surface area contributed by atoms with Gasteiger partial charge in [-0.05, 0) is 37.5 Å². The normalized spacial score (nSPS) is 15.8. The van der Waals surface area contributed by atoms with Crippen molar-refractivity contribution in [2.24, 2.45) is 0 Å². The zero-order chi connectivity index (χ0) is 17.7. The molecule has 8 heteroatoms. The summed E-state index contributed by atoms with van der Waals surface area (Å²) in [6, 6.07) is 4.98. The maximum atomic E-state index is 13.0. The van der Waals surface area contributed by atoms with E-state index in [1.54, 1.807) is 6.07 Å². The number of hydrogen-bond donors (Lipinski definition) is 1. The van der Waals surface area contributed by atoms with Crippen LogP contribution in [0.15, 0.2) is 30.0 Å². The molecule has 1 N–H and O–H groups in total. The Hall–Kier alpha value is -2.20. The van der Waals surface area contributed by atoms with Crippen LogP contribution in [0.1, 0.15) is 24.8 Å². The molecule has 1 heterocycles. The molecule has 1 aliphatic rings. The van der Waals surface area contributed by atoms with E-state index >= 15 is 0 Å². The van der Waals surface area contributed by atoms with E-state index in [0.717, 1.165) is 37.6 Å². The first-order chi connectivity index (χ1) is 11.3. The molecule has 1 fully saturated rings. The van der Waals surface area contributed by atoms with E-state index in [-0.39, 0.29) is 16.3 Å². The molecular formula is C16H15ClF3N3O. The number of piperidine rings is 1. The molecule has 4 nitrogen and oxygen atoms in total. The highest BCUT2D eigenvalue weighted by Gasteiger charge is 2.33. The monoisotopic (exact) mass is 357 g/mol. The van der Waals surface area contributed by atoms with Crippen molar-refractivity contribution in [3.05, 3.63) is 40.6 Å². The Bertz CT molecular complexity index is 689. The molecule has 0 atom stereocenters. The van der Waals surface area contributed by atoms with Crippen LogP contribution in [0.2, 0.25) is 5.02 Å². The van der Waals surface area contributed by atoms with Crippen LogP contribution in [-0.4, -0.2) is 23.9 Å². The lowest BCUT2D eigenvalue weighted by Crippen LogP contribution is -2.36. The van der Waals surface area contributed by atoms with Gasteiger partial charge in [0.25, 0.3) is 5.91 Å². The number of anilines is 1. The third-order valence-corrected chi connectivity index (χ3v) is 3.89. The summed E-state index contributed by atoms with van der Waals surface area (Å²) in [6.07, 6.45) is -0.867. The Morgan fingerprint density at radius 2 is 1.96 bits per heavy atom. The third-order valence-electron chi connectivity index (χ3n) is 3.65. The minimum Gasteiger partial charge on any atom is -0.360 e. The van der Waals surface area contributed by atoms with Crippen LogP contribution in [0.4, 0.5) is 18.9 Å². The number of carbonyl (C=O) groups excluding carboxylic acids is 1. The molecule has 1 saturated heterocycles. The average Bonchev–Trinajstić information content (AvgIpc) is 2.56. The second kappa shape index (κ2) is 7.58. The maximum absolute atomic E-state index is 13.0. The Morgan fingerprint density at radius 1 is 1.29 bits per heavy atom. The Kier molecular flexibility index (Phi) is 5.73. The van der Waals surface area contributed by atoms with Crippen molar-refractivity contribution in [1.29, 1.82) is 5.26 Å². The van der Waals surface area contributed by atoms with Gasteiger partial charge in [0.05, 0.1) is 11.3 Å². The van der Waals surface area contributed by atoms with Gasteiger partial charge in [-0.2, -0.15) is 18.4 Å². The minimum atomic E-state index is -4.61. The molecule has 0 aromatic heterocycles. The predicted octanol–water partition coefficient (Wildman–Crippen LogP) is 4.19. The first-order valence-corrected chi connectivity index (χ1v) is 7.73. The number of likely N-dealkylation sites (tertiary alicyclic amines) is 1. The van der Waals surface area contributed by atoms with Crippen molar-refractivity contribution in [2.75, 3.05) is 18.4 Å². The van der Waals surface area contributed by atoms with Gasteiger partial charge in [-0.25, -0.2) is 0 Å². The van der Waals surface area contributed by atoms with E-state index in [9.17, 15) is 18.0 Å². The quantitative estimate of drug-likeness (QED) is 0.652. The highest BCUT2D eigenvalue weighted by molar-refractivity contribution is 6.30. The summed E-state index contributed by atoms with van der Waals surface area (Å²) in [5.41, 5.74) is -1.47. The Labute approximate surface area is 142 Å². The van der Waals surface area contributed by atoms with Gasteiger partial charge in [-0.15, -0.1) is 0 Å². The van der Waals surface area contributed by atoms with Crippen LogP contribution in [0, 0.1) is 11.3 Å². The van der Waals surface area contributed by atoms with Gasteiger partial charge in [0, 0.05) is 24.3 Å². The van der Waals surface area contributed by atoms with E-state index < -0.39 is 17.6 Å². The highest BCUT2D eigenvalue weighted by atomic mass is 35.5. The van der Waals surface area contributed by atoms with Crippen molar-refractivity contribution in [1.82, 2.24) is 4.90 Å². The SMILES string of the molecule is N#C/C(=C/Nc1ccc(Cl)cc1C(F)(F)F)C(=O)N1CCCCC1. The fourth-order valence-corrected chi connectivity index (χ4v) is 2.61. The van der Waals surface area contributed by atoms with Crippen LogP contribution in [-0.2, 0) is 11.0 Å². The number of carbonyl (C=O) groups is 1. The van der Waals surface area contributed by atoms with Crippen LogP contribution in [0.3, 0.4) is 0 Å². The lowest BCUT2D eigenvalue weighted by Gasteiger charge is -2.26. The number of rotatable bonds is 3. The van der Waals surface area contributed by atoms with E-state index in [4.69, 9.17) is 16.9 Å². The Morgan fingerprint density at radius 3 is 2.54 bits per heavy atom. The van der Waals surface area contributed by atoms with E-state index in [1.165, 1.54) is 11.0 Å². The highest BCUT2D eigenvalue weighted by Crippen LogP contribution is 2.36. The number of benzene rings is 1. The lowest BCUT2D eigenvalue weighted by atomic mass is 10.1. The molecule has 128 valence electrons. The van der Waals surface area contributed by atoms with Crippen LogP contribution in [0.25, 0.3) is 0 Å². The van der Waals surface area contributed by atoms with Crippen molar-refractivity contribution >= 4 is 23.2 Å². The summed E-state index contributed by atoms with van der Waals surface area (Å²) in [5.74, 6) is -0.479. The molecule has 0 aliphatic carbocycles. The number of halogens is 4. The predicted molar refractivity (Wildman–Crippen MR) is 84.2 cm³/mol. The lowest BCUT2D eigenvalue weighted by molar-refractivity contribution is -0.137. The van der Waals surface area contributed by atoms with Crippen molar-refractivity contribution in [3.8, 4) is 6.07 Å². The van der Waals surface area contributed by atoms with Gasteiger partial charge in [0.1, 0.15) is 11.6 Å². The number of nitrogens with zero attached hydrogens (tertiary/aromatic N) is 2. The molecule has 0 spiro atoms. The summed E-state index contributed by atoms with van der Waals surface area (Å²) in [5, 5.41) is 11.5. The molecule has 0 bridgehead atoms. The van der Waals surface area contributed by atoms with Crippen molar-refractivity contribution in [2.45, 2.75) is 25.4 Å². The first kappa shape index (κ1) is 18.1. The molecule has 2 rings (SSSR count). The summed E-state index contributed by atoms with van der Waals surface area (Å²) < 4.78 is 39.1. The second-order valence-electron chi connectivity index (χ2n) is 5.35. The fourth-order valence-electron chi connectivity index (χ4n) is 2.44. The number of nitrogens with one attached hydrogen (secondary N) is 1. The summed E-state index contributed by atoms with van der Waals surface area (Å²) >= 11 is 5.61. The van der Waals surface area contributed by atoms with Crippen LogP contribution < -0.4 is 5.32 Å². The first-order valence-electron chi connectivity index (χ1n) is 7.36. The van der Waals surface area contributed by atoms with Gasteiger partial charge in [-0.1, -0.05) is 11.6 Å². The third kappa shape index (κ3) is 4.42. The molecule has 1 aromatic carbocycles. The molecule has 0 radical (unpaired) electrons. The largest absolute Gasteiger partial charge is 0.418 e. The van der Waals surface area contributed by atoms with Crippen molar-refractivity contribution < 1.29 is 18.0 Å². The van der Waals surface area contributed by atoms with Crippen LogP contribution >= 0.6 is 11.6 Å². The second-order valence-corrected chi connectivity index (χ2v) is 5.79. The average molecular weight is 358 g/mol.